The van der Waals surface area contributed by atoms with Crippen LogP contribution in [0.5, 0.6) is 5.75 Å². The lowest BCUT2D eigenvalue weighted by Gasteiger charge is -2.27. The molecule has 1 N–H and O–H groups in total. The molecule has 6 nitrogen and oxygen atoms in total. The standard InChI is InChI=1S/C25H28N2O4S/c1-4-19(2)26-25(28)23-12-8-9-13-24(23)27(18-20-10-6-5-7-11-20)32(29,30)22-16-14-21(31-3)15-17-22/h5-17,19H,4,18H2,1-3H3,(H,26,28)/t19-/m1/s1. The number of para-hydroxylation sites is 1. The molecule has 0 bridgehead atoms. The van der Waals surface area contributed by atoms with Crippen molar-refractivity contribution >= 4 is 21.6 Å². The summed E-state index contributed by atoms with van der Waals surface area (Å²) in [5.41, 5.74) is 1.44. The van der Waals surface area contributed by atoms with Crippen LogP contribution in [0.25, 0.3) is 0 Å². The molecule has 7 heteroatoms. The summed E-state index contributed by atoms with van der Waals surface area (Å²) in [6.45, 7) is 3.98. The smallest absolute Gasteiger partial charge is 0.264 e. The molecule has 0 aliphatic heterocycles. The minimum atomic E-state index is -3.97. The molecule has 0 radical (unpaired) electrons. The fourth-order valence-electron chi connectivity index (χ4n) is 3.21. The molecule has 0 aromatic heterocycles. The van der Waals surface area contributed by atoms with Crippen molar-refractivity contribution < 1.29 is 17.9 Å². The summed E-state index contributed by atoms with van der Waals surface area (Å²) in [5.74, 6) is 0.254. The van der Waals surface area contributed by atoms with E-state index in [1.165, 1.54) is 23.5 Å². The van der Waals surface area contributed by atoms with Gasteiger partial charge in [0.15, 0.2) is 0 Å². The molecule has 0 heterocycles. The summed E-state index contributed by atoms with van der Waals surface area (Å²) in [5, 5.41) is 2.93. The van der Waals surface area contributed by atoms with Crippen molar-refractivity contribution in [2.45, 2.75) is 37.8 Å². The number of amides is 1. The Morgan fingerprint density at radius 1 is 0.969 bits per heavy atom. The molecule has 3 rings (SSSR count). The molecule has 1 atom stereocenters. The Balaban J connectivity index is 2.11. The molecule has 3 aromatic carbocycles. The number of sulfonamides is 1. The Labute approximate surface area is 189 Å². The Bertz CT molecular complexity index is 1150. The van der Waals surface area contributed by atoms with Crippen molar-refractivity contribution in [1.82, 2.24) is 5.32 Å². The predicted molar refractivity (Wildman–Crippen MR) is 126 cm³/mol. The van der Waals surface area contributed by atoms with Crippen LogP contribution in [0, 0.1) is 0 Å². The molecule has 32 heavy (non-hydrogen) atoms. The van der Waals surface area contributed by atoms with Crippen molar-refractivity contribution in [3.05, 3.63) is 90.0 Å². The van der Waals surface area contributed by atoms with E-state index in [1.54, 1.807) is 36.4 Å². The van der Waals surface area contributed by atoms with E-state index in [0.29, 0.717) is 17.0 Å². The molecule has 0 saturated carbocycles. The van der Waals surface area contributed by atoms with Gasteiger partial charge in [0.05, 0.1) is 29.8 Å². The van der Waals surface area contributed by atoms with Gasteiger partial charge in [-0.15, -0.1) is 0 Å². The average molecular weight is 453 g/mol. The first-order valence-corrected chi connectivity index (χ1v) is 11.9. The number of anilines is 1. The second-order valence-corrected chi connectivity index (χ2v) is 9.34. The van der Waals surface area contributed by atoms with Gasteiger partial charge in [-0.05, 0) is 55.3 Å². The molecule has 1 amide bonds. The lowest BCUT2D eigenvalue weighted by molar-refractivity contribution is 0.0940. The topological polar surface area (TPSA) is 75.7 Å². The van der Waals surface area contributed by atoms with E-state index in [4.69, 9.17) is 4.74 Å². The number of carbonyl (C=O) groups excluding carboxylic acids is 1. The quantitative estimate of drug-likeness (QED) is 0.514. The first kappa shape index (κ1) is 23.3. The van der Waals surface area contributed by atoms with Crippen molar-refractivity contribution in [3.8, 4) is 5.75 Å². The molecule has 3 aromatic rings. The van der Waals surface area contributed by atoms with Crippen molar-refractivity contribution in [2.24, 2.45) is 0 Å². The molecule has 0 aliphatic carbocycles. The van der Waals surface area contributed by atoms with Gasteiger partial charge in [0.25, 0.3) is 15.9 Å². The summed E-state index contributed by atoms with van der Waals surface area (Å²) >= 11 is 0. The Morgan fingerprint density at radius 3 is 2.22 bits per heavy atom. The zero-order valence-electron chi connectivity index (χ0n) is 18.5. The molecule has 0 fully saturated rings. The lowest BCUT2D eigenvalue weighted by Crippen LogP contribution is -2.36. The number of hydrogen-bond acceptors (Lipinski definition) is 4. The molecular formula is C25H28N2O4S. The second kappa shape index (κ2) is 10.3. The SMILES string of the molecule is CC[C@@H](C)NC(=O)c1ccccc1N(Cc1ccccc1)S(=O)(=O)c1ccc(OC)cc1. The van der Waals surface area contributed by atoms with Crippen LogP contribution in [0.15, 0.2) is 83.8 Å². The van der Waals surface area contributed by atoms with Gasteiger partial charge in [0.2, 0.25) is 0 Å². The minimum Gasteiger partial charge on any atom is -0.497 e. The van der Waals surface area contributed by atoms with E-state index >= 15 is 0 Å². The van der Waals surface area contributed by atoms with Gasteiger partial charge in [-0.1, -0.05) is 49.4 Å². The Hall–Kier alpha value is -3.32. The normalized spacial score (nSPS) is 12.1. The number of rotatable bonds is 9. The van der Waals surface area contributed by atoms with Crippen LogP contribution in [-0.2, 0) is 16.6 Å². The number of methoxy groups -OCH3 is 1. The average Bonchev–Trinajstić information content (AvgIpc) is 2.83. The van der Waals surface area contributed by atoms with Crippen LogP contribution in [0.4, 0.5) is 5.69 Å². The van der Waals surface area contributed by atoms with Crippen molar-refractivity contribution in [1.29, 1.82) is 0 Å². The van der Waals surface area contributed by atoms with Gasteiger partial charge in [-0.3, -0.25) is 9.10 Å². The Morgan fingerprint density at radius 2 is 1.59 bits per heavy atom. The lowest BCUT2D eigenvalue weighted by atomic mass is 10.1. The third-order valence-corrected chi connectivity index (χ3v) is 7.00. The highest BCUT2D eigenvalue weighted by molar-refractivity contribution is 7.92. The van der Waals surface area contributed by atoms with Crippen molar-refractivity contribution in [2.75, 3.05) is 11.4 Å². The maximum absolute atomic E-state index is 13.7. The summed E-state index contributed by atoms with van der Waals surface area (Å²) in [6.07, 6.45) is 0.770. The van der Waals surface area contributed by atoms with Crippen LogP contribution in [0.2, 0.25) is 0 Å². The first-order valence-electron chi connectivity index (χ1n) is 10.5. The number of nitrogens with zero attached hydrogens (tertiary/aromatic N) is 1. The molecule has 0 aliphatic rings. The zero-order valence-corrected chi connectivity index (χ0v) is 19.3. The molecule has 0 saturated heterocycles. The van der Waals surface area contributed by atoms with Gasteiger partial charge in [0, 0.05) is 6.04 Å². The van der Waals surface area contributed by atoms with E-state index in [9.17, 15) is 13.2 Å². The van der Waals surface area contributed by atoms with Gasteiger partial charge < -0.3 is 10.1 Å². The first-order chi connectivity index (χ1) is 15.4. The Kier molecular flexibility index (Phi) is 7.53. The maximum atomic E-state index is 13.7. The highest BCUT2D eigenvalue weighted by Gasteiger charge is 2.29. The van der Waals surface area contributed by atoms with E-state index < -0.39 is 10.0 Å². The van der Waals surface area contributed by atoms with E-state index in [-0.39, 0.29) is 23.4 Å². The molecule has 168 valence electrons. The summed E-state index contributed by atoms with van der Waals surface area (Å²) < 4.78 is 33.9. The van der Waals surface area contributed by atoms with E-state index in [2.05, 4.69) is 5.32 Å². The number of ether oxygens (including phenoxy) is 1. The number of carbonyl (C=O) groups is 1. The van der Waals surface area contributed by atoms with Gasteiger partial charge >= 0.3 is 0 Å². The molecule has 0 unspecified atom stereocenters. The fraction of sp³-hybridized carbons (Fsp3) is 0.240. The third kappa shape index (κ3) is 5.29. The summed E-state index contributed by atoms with van der Waals surface area (Å²) in [7, 11) is -2.44. The van der Waals surface area contributed by atoms with Gasteiger partial charge in [-0.25, -0.2) is 8.42 Å². The monoisotopic (exact) mass is 452 g/mol. The summed E-state index contributed by atoms with van der Waals surface area (Å²) in [6, 6.07) is 22.3. The largest absolute Gasteiger partial charge is 0.497 e. The second-order valence-electron chi connectivity index (χ2n) is 7.47. The zero-order chi connectivity index (χ0) is 23.1. The van der Waals surface area contributed by atoms with Crippen LogP contribution >= 0.6 is 0 Å². The van der Waals surface area contributed by atoms with E-state index in [0.717, 1.165) is 12.0 Å². The van der Waals surface area contributed by atoms with Crippen LogP contribution < -0.4 is 14.4 Å². The predicted octanol–water partition coefficient (Wildman–Crippen LogP) is 4.62. The van der Waals surface area contributed by atoms with Gasteiger partial charge in [0.1, 0.15) is 5.75 Å². The fourth-order valence-corrected chi connectivity index (χ4v) is 4.68. The molecule has 0 spiro atoms. The third-order valence-electron chi connectivity index (χ3n) is 5.22. The number of benzene rings is 3. The van der Waals surface area contributed by atoms with Gasteiger partial charge in [-0.2, -0.15) is 0 Å². The highest BCUT2D eigenvalue weighted by atomic mass is 32.2. The number of hydrogen-bond donors (Lipinski definition) is 1. The van der Waals surface area contributed by atoms with Crippen LogP contribution in [-0.4, -0.2) is 27.5 Å². The number of nitrogens with one attached hydrogen (secondary N) is 1. The highest BCUT2D eigenvalue weighted by Crippen LogP contribution is 2.30. The van der Waals surface area contributed by atoms with E-state index in [1.807, 2.05) is 44.2 Å². The minimum absolute atomic E-state index is 0.0312. The molecular weight excluding hydrogens is 424 g/mol. The van der Waals surface area contributed by atoms with Crippen LogP contribution in [0.1, 0.15) is 36.2 Å². The van der Waals surface area contributed by atoms with Crippen LogP contribution in [0.3, 0.4) is 0 Å². The maximum Gasteiger partial charge on any atom is 0.264 e. The summed E-state index contributed by atoms with van der Waals surface area (Å²) in [4.78, 5) is 13.1. The van der Waals surface area contributed by atoms with Crippen molar-refractivity contribution in [3.63, 3.8) is 0 Å².